The van der Waals surface area contributed by atoms with Crippen molar-refractivity contribution in [3.05, 3.63) is 0 Å². The molecule has 35 nitrogen and oxygen atoms in total. The van der Waals surface area contributed by atoms with Crippen molar-refractivity contribution in [1.29, 1.82) is 0 Å². The third kappa shape index (κ3) is 43.2. The molecule has 0 aromatic carbocycles. The van der Waals surface area contributed by atoms with E-state index in [9.17, 15) is 79.3 Å². The molecule has 606 valence electrons. The van der Waals surface area contributed by atoms with Crippen LogP contribution in [0, 0.1) is 17.8 Å². The first-order valence-electron chi connectivity index (χ1n) is 34.9. The van der Waals surface area contributed by atoms with E-state index in [4.69, 9.17) is 58.0 Å². The number of hydrogen-bond acceptors (Lipinski definition) is 29. The van der Waals surface area contributed by atoms with Crippen molar-refractivity contribution in [1.82, 2.24) is 26.6 Å². The molecule has 102 heavy (non-hydrogen) atoms. The molecule has 0 saturated carbocycles. The molecule has 17 N–H and O–H groups in total. The summed E-state index contributed by atoms with van der Waals surface area (Å²) in [6, 6.07) is 0. The van der Waals surface area contributed by atoms with E-state index in [1.165, 1.54) is 0 Å². The molecule has 7 unspecified atom stereocenters. The minimum Gasteiger partial charge on any atom is -0.394 e. The topological polar surface area (TPSA) is 519 Å². The van der Waals surface area contributed by atoms with Gasteiger partial charge >= 0.3 is 7.82 Å². The Morgan fingerprint density at radius 3 is 1.20 bits per heavy atom. The summed E-state index contributed by atoms with van der Waals surface area (Å²) in [5.41, 5.74) is 3.70. The average Bonchev–Trinajstić information content (AvgIpc) is 0.836. The lowest BCUT2D eigenvalue weighted by molar-refractivity contribution is -0.282. The largest absolute Gasteiger partial charge is 0.471 e. The van der Waals surface area contributed by atoms with Gasteiger partial charge in [0.05, 0.1) is 117 Å². The van der Waals surface area contributed by atoms with E-state index >= 15 is 0 Å². The van der Waals surface area contributed by atoms with E-state index in [1.54, 1.807) is 27.9 Å². The van der Waals surface area contributed by atoms with E-state index in [1.807, 2.05) is 27.7 Å². The van der Waals surface area contributed by atoms with Crippen LogP contribution >= 0.6 is 7.82 Å². The zero-order chi connectivity index (χ0) is 75.5. The minimum absolute atomic E-state index is 0. The highest BCUT2D eigenvalue weighted by Gasteiger charge is 2.45. The maximum absolute atomic E-state index is 13.7. The van der Waals surface area contributed by atoms with Gasteiger partial charge in [0.1, 0.15) is 48.6 Å². The second-order valence-electron chi connectivity index (χ2n) is 23.8. The van der Waals surface area contributed by atoms with Crippen LogP contribution in [-0.4, -0.2) is 299 Å². The number of unbranched alkanes of at least 4 members (excludes halogenated alkanes) is 6. The number of aliphatic hydroxyl groups is 9. The van der Waals surface area contributed by atoms with Crippen molar-refractivity contribution in [2.24, 2.45) is 23.5 Å². The first-order valence-corrected chi connectivity index (χ1v) is 36.4. The molecule has 3 heterocycles. The summed E-state index contributed by atoms with van der Waals surface area (Å²) in [7, 11) is -0.992. The first kappa shape index (κ1) is 102. The smallest absolute Gasteiger partial charge is 0.394 e. The first-order chi connectivity index (χ1) is 47.8. The van der Waals surface area contributed by atoms with Gasteiger partial charge in [-0.2, -0.15) is 0 Å². The third-order valence-electron chi connectivity index (χ3n) is 15.8. The predicted molar refractivity (Wildman–Crippen MR) is 373 cm³/mol. The number of ether oxygens (including phenoxy) is 10. The van der Waals surface area contributed by atoms with Crippen LogP contribution in [-0.2, 0) is 89.7 Å². The van der Waals surface area contributed by atoms with Crippen molar-refractivity contribution in [2.45, 2.75) is 239 Å². The van der Waals surface area contributed by atoms with Gasteiger partial charge in [-0.15, -0.1) is 0 Å². The Hall–Kier alpha value is -3.67. The van der Waals surface area contributed by atoms with Crippen molar-refractivity contribution in [3.8, 4) is 0 Å². The van der Waals surface area contributed by atoms with Gasteiger partial charge in [-0.25, -0.2) is 4.57 Å². The van der Waals surface area contributed by atoms with E-state index in [-0.39, 0.29) is 113 Å². The Morgan fingerprint density at radius 1 is 0.451 bits per heavy atom. The average molecular weight is 1510 g/mol. The van der Waals surface area contributed by atoms with Gasteiger partial charge in [-0.3, -0.25) is 43.1 Å². The number of carbonyl (C=O) groups excluding carboxylic acids is 6. The molecule has 0 aromatic heterocycles. The third-order valence-corrected chi connectivity index (χ3v) is 16.7. The van der Waals surface area contributed by atoms with Crippen molar-refractivity contribution >= 4 is 43.3 Å². The Kier molecular flexibility index (Phi) is 61.7. The van der Waals surface area contributed by atoms with E-state index in [0.717, 1.165) is 52.1 Å². The number of amides is 6. The molecular formula is C66H133N6O29P. The van der Waals surface area contributed by atoms with Crippen LogP contribution in [0.5, 0.6) is 0 Å². The number of nitrogens with one attached hydrogen (secondary N) is 5. The number of aliphatic hydroxyl groups excluding tert-OH is 9. The number of rotatable bonds is 50. The number of methoxy groups -OCH3 is 1. The van der Waals surface area contributed by atoms with Gasteiger partial charge in [0, 0.05) is 71.1 Å². The van der Waals surface area contributed by atoms with Gasteiger partial charge < -0.3 is 125 Å². The standard InChI is InChI=1S/C53H95N5O25.C7H18NO4P.2C2H6.2CH4/c1-32-44(68)47(71)35(26-59)81-50(32)78-19-9-16-54-38(62)11-21-75-29-53(58-43(67)25-42(66)56-15-7-5-6-8-18-74-4,30-76-22-12-39(63)55-17-10-20-79-51-33(2)45(69)48(72)36(27-60)82-51)31-77-23-13-40(64)57-41(65)14-24-80-52-34(3)46(70)49(73)37(28-61)83-52;1-11-13(9,10)12-7-5-3-2-4-6-8;2*1-2;;/h32-37,44-52,59-61,68-73H,5-31H2,1-4H3,(H,54,62)(H,55,63)(H,56,66)(H,58,67)(H,57,64,65);2-8H2,1H3,(H,9,10);2*1-2H3;2*1H4/t32?,33?,34?,35?,36?,37?,44-,45-,46-,47+,48+,49+,50-,51-,52-,53?;;;;;/m1...../s1. The summed E-state index contributed by atoms with van der Waals surface area (Å²) in [6.07, 6.45) is -7.48. The number of nitrogens with two attached hydrogens (primary N) is 1. The molecule has 3 saturated heterocycles. The number of imide groups is 1. The molecular weight excluding hydrogens is 1370 g/mol. The van der Waals surface area contributed by atoms with Gasteiger partial charge in [0.25, 0.3) is 0 Å². The molecule has 36 heteroatoms. The predicted octanol–water partition coefficient (Wildman–Crippen LogP) is -0.311. The quantitative estimate of drug-likeness (QED) is 0.0211. The van der Waals surface area contributed by atoms with Crippen molar-refractivity contribution in [2.75, 3.05) is 133 Å². The minimum atomic E-state index is -3.75. The zero-order valence-corrected chi connectivity index (χ0v) is 61.1. The number of hydrogen-bond donors (Lipinski definition) is 16. The Morgan fingerprint density at radius 2 is 0.804 bits per heavy atom. The summed E-state index contributed by atoms with van der Waals surface area (Å²) < 4.78 is 76.1. The van der Waals surface area contributed by atoms with Gasteiger partial charge in [-0.1, -0.05) is 89.0 Å². The number of phosphoric acid groups is 1. The summed E-state index contributed by atoms with van der Waals surface area (Å²) in [5, 5.41) is 103. The van der Waals surface area contributed by atoms with Crippen LogP contribution in [0.15, 0.2) is 0 Å². The fourth-order valence-corrected chi connectivity index (χ4v) is 10.3. The second-order valence-corrected chi connectivity index (χ2v) is 25.4. The molecule has 0 aliphatic carbocycles. The van der Waals surface area contributed by atoms with Gasteiger partial charge in [-0.05, 0) is 45.1 Å². The van der Waals surface area contributed by atoms with Crippen molar-refractivity contribution in [3.63, 3.8) is 0 Å². The zero-order valence-electron chi connectivity index (χ0n) is 60.2. The molecule has 3 aliphatic heterocycles. The number of carbonyl (C=O) groups is 6. The number of phosphoric ester groups is 1. The molecule has 0 bridgehead atoms. The van der Waals surface area contributed by atoms with Crippen LogP contribution < -0.4 is 32.3 Å². The lowest BCUT2D eigenvalue weighted by Crippen LogP contribution is -2.59. The molecule has 3 rings (SSSR count). The van der Waals surface area contributed by atoms with Crippen LogP contribution in [0.2, 0.25) is 0 Å². The molecule has 6 amide bonds. The van der Waals surface area contributed by atoms with E-state index in [0.29, 0.717) is 39.0 Å². The van der Waals surface area contributed by atoms with Crippen LogP contribution in [0.25, 0.3) is 0 Å². The van der Waals surface area contributed by atoms with Gasteiger partial charge in [0.15, 0.2) is 18.9 Å². The highest BCUT2D eigenvalue weighted by molar-refractivity contribution is 7.47. The van der Waals surface area contributed by atoms with E-state index < -0.39 is 173 Å². The lowest BCUT2D eigenvalue weighted by Gasteiger charge is -2.40. The molecule has 0 spiro atoms. The maximum Gasteiger partial charge on any atom is 0.471 e. The summed E-state index contributed by atoms with van der Waals surface area (Å²) in [5.74, 6) is -5.50. The van der Waals surface area contributed by atoms with E-state index in [2.05, 4.69) is 35.6 Å². The molecule has 0 aromatic rings. The molecule has 3 aliphatic rings. The Labute approximate surface area is 603 Å². The maximum atomic E-state index is 13.7. The fourth-order valence-electron chi connectivity index (χ4n) is 9.82. The highest BCUT2D eigenvalue weighted by atomic mass is 31.2. The molecule has 3 fully saturated rings. The second kappa shape index (κ2) is 61.4. The Balaban J connectivity index is -0.00000458. The molecule has 0 radical (unpaired) electrons. The highest BCUT2D eigenvalue weighted by Crippen LogP contribution is 2.42. The Bertz CT molecular complexity index is 2140. The van der Waals surface area contributed by atoms with Crippen LogP contribution in [0.1, 0.15) is 160 Å². The van der Waals surface area contributed by atoms with Crippen LogP contribution in [0.4, 0.5) is 0 Å². The summed E-state index contributed by atoms with van der Waals surface area (Å²) >= 11 is 0. The van der Waals surface area contributed by atoms with Crippen LogP contribution in [0.3, 0.4) is 0 Å². The van der Waals surface area contributed by atoms with Gasteiger partial charge in [0.2, 0.25) is 35.4 Å². The lowest BCUT2D eigenvalue weighted by atomic mass is 9.92. The normalized spacial score (nSPS) is 25.6. The van der Waals surface area contributed by atoms with Crippen molar-refractivity contribution < 1.29 is 141 Å². The SMILES string of the molecule is C.C.CC.CC.COCCCCCCNC(=O)CC(=O)NC(COCCC(=O)NCCCO[C@@H]1OC(CO)[C@H](O)[C@H](O)C1C)(COCCC(=O)NCCCO[C@@H]1OC(CO)[C@H](O)[C@H](O)C1C)COCCC(=O)NC(=O)CCO[C@@H]1OC(CO)[C@H](O)[C@H](O)C1C.COP(=O)(O)OCCCCCCN. The fraction of sp³-hybridized carbons (Fsp3) is 0.909. The monoisotopic (exact) mass is 1500 g/mol. The summed E-state index contributed by atoms with van der Waals surface area (Å²) in [4.78, 5) is 86.7. The molecule has 16 atom stereocenters. The summed E-state index contributed by atoms with van der Waals surface area (Å²) in [6.45, 7) is 11.6.